The van der Waals surface area contributed by atoms with Gasteiger partial charge in [-0.05, 0) is 40.0 Å². The fourth-order valence-corrected chi connectivity index (χ4v) is 4.01. The van der Waals surface area contributed by atoms with Crippen LogP contribution in [0.25, 0.3) is 21.6 Å². The molecule has 0 fully saturated rings. The summed E-state index contributed by atoms with van der Waals surface area (Å²) in [6.45, 7) is 0.512. The third kappa shape index (κ3) is 4.13. The minimum atomic E-state index is 0.0954. The first kappa shape index (κ1) is 18.0. The van der Waals surface area contributed by atoms with Gasteiger partial charge in [-0.1, -0.05) is 41.7 Å². The van der Waals surface area contributed by atoms with E-state index >= 15 is 0 Å². The Morgan fingerprint density at radius 3 is 2.74 bits per heavy atom. The van der Waals surface area contributed by atoms with Gasteiger partial charge in [0, 0.05) is 30.4 Å². The number of halogens is 1. The Bertz CT molecular complexity index is 1050. The average molecular weight is 441 g/mol. The second-order valence-electron chi connectivity index (χ2n) is 6.07. The number of nitrogens with two attached hydrogens (primary N) is 1. The summed E-state index contributed by atoms with van der Waals surface area (Å²) in [4.78, 5) is 8.86. The van der Waals surface area contributed by atoms with Crippen LogP contribution in [-0.4, -0.2) is 32.8 Å². The van der Waals surface area contributed by atoms with Crippen LogP contribution in [0, 0.1) is 0 Å². The molecule has 0 aliphatic rings. The fraction of sp³-hybridized carbons (Fsp3) is 0.158. The Morgan fingerprint density at radius 2 is 1.93 bits per heavy atom. The van der Waals surface area contributed by atoms with Crippen molar-refractivity contribution < 1.29 is 0 Å². The molecule has 0 saturated carbocycles. The lowest BCUT2D eigenvalue weighted by molar-refractivity contribution is 0.721. The van der Waals surface area contributed by atoms with Crippen molar-refractivity contribution in [3.8, 4) is 10.7 Å². The Hall–Kier alpha value is -2.42. The molecular weight excluding hydrogens is 424 g/mol. The van der Waals surface area contributed by atoms with Gasteiger partial charge in [0.1, 0.15) is 5.69 Å². The lowest BCUT2D eigenvalue weighted by atomic mass is 10.1. The van der Waals surface area contributed by atoms with E-state index < -0.39 is 0 Å². The Labute approximate surface area is 169 Å². The molecule has 0 bridgehead atoms. The van der Waals surface area contributed by atoms with Crippen molar-refractivity contribution in [1.29, 1.82) is 0 Å². The lowest BCUT2D eigenvalue weighted by Crippen LogP contribution is -2.30. The van der Waals surface area contributed by atoms with Crippen molar-refractivity contribution in [3.63, 3.8) is 0 Å². The molecule has 3 N–H and O–H groups in total. The van der Waals surface area contributed by atoms with Crippen LogP contribution in [0.5, 0.6) is 0 Å². The molecule has 0 saturated heterocycles. The number of fused-ring (bicyclic) bond motifs is 1. The van der Waals surface area contributed by atoms with E-state index in [4.69, 9.17) is 10.7 Å². The van der Waals surface area contributed by atoms with Crippen molar-refractivity contribution in [3.05, 3.63) is 64.9 Å². The molecule has 0 spiro atoms. The van der Waals surface area contributed by atoms with E-state index in [-0.39, 0.29) is 6.04 Å². The predicted octanol–water partition coefficient (Wildman–Crippen LogP) is 3.89. The van der Waals surface area contributed by atoms with Gasteiger partial charge in [-0.2, -0.15) is 0 Å². The molecule has 1 atom stereocenters. The monoisotopic (exact) mass is 440 g/mol. The van der Waals surface area contributed by atoms with Crippen molar-refractivity contribution in [2.24, 2.45) is 5.73 Å². The summed E-state index contributed by atoms with van der Waals surface area (Å²) in [6.07, 6.45) is 4.36. The number of nitrogens with zero attached hydrogens (tertiary/aromatic N) is 4. The quantitative estimate of drug-likeness (QED) is 0.472. The maximum atomic E-state index is 5.94. The van der Waals surface area contributed by atoms with E-state index in [9.17, 15) is 0 Å². The van der Waals surface area contributed by atoms with Crippen LogP contribution >= 0.6 is 27.3 Å². The van der Waals surface area contributed by atoms with Crippen LogP contribution in [0.1, 0.15) is 5.56 Å². The van der Waals surface area contributed by atoms with Crippen LogP contribution in [0.15, 0.2) is 59.3 Å². The van der Waals surface area contributed by atoms with Crippen molar-refractivity contribution >= 4 is 43.3 Å². The van der Waals surface area contributed by atoms with E-state index in [1.807, 2.05) is 30.3 Å². The lowest BCUT2D eigenvalue weighted by Gasteiger charge is -2.15. The first-order chi connectivity index (χ1) is 13.2. The van der Waals surface area contributed by atoms with Crippen molar-refractivity contribution in [2.75, 3.05) is 11.9 Å². The van der Waals surface area contributed by atoms with Gasteiger partial charge < -0.3 is 11.1 Å². The molecule has 6 nitrogen and oxygen atoms in total. The number of nitrogens with one attached hydrogen (secondary N) is 1. The van der Waals surface area contributed by atoms with Crippen LogP contribution in [0.2, 0.25) is 0 Å². The molecule has 3 heterocycles. The van der Waals surface area contributed by atoms with E-state index in [2.05, 4.69) is 48.6 Å². The third-order valence-electron chi connectivity index (χ3n) is 4.14. The molecule has 4 rings (SSSR count). The number of hydrogen-bond acceptors (Lipinski definition) is 7. The molecule has 27 heavy (non-hydrogen) atoms. The van der Waals surface area contributed by atoms with Gasteiger partial charge in [0.2, 0.25) is 5.13 Å². The fourth-order valence-electron chi connectivity index (χ4n) is 2.78. The number of aromatic nitrogens is 4. The van der Waals surface area contributed by atoms with Crippen molar-refractivity contribution in [1.82, 2.24) is 20.2 Å². The zero-order valence-electron chi connectivity index (χ0n) is 14.3. The van der Waals surface area contributed by atoms with E-state index in [0.29, 0.717) is 6.54 Å². The number of pyridine rings is 2. The number of rotatable bonds is 6. The van der Waals surface area contributed by atoms with Gasteiger partial charge in [-0.15, -0.1) is 10.2 Å². The summed E-state index contributed by atoms with van der Waals surface area (Å²) < 4.78 is 0.857. The second kappa shape index (κ2) is 8.08. The van der Waals surface area contributed by atoms with E-state index in [1.165, 1.54) is 16.9 Å². The topological polar surface area (TPSA) is 89.6 Å². The van der Waals surface area contributed by atoms with Gasteiger partial charge in [0.15, 0.2) is 5.01 Å². The summed E-state index contributed by atoms with van der Waals surface area (Å²) in [7, 11) is 0. The normalized spacial score (nSPS) is 12.2. The van der Waals surface area contributed by atoms with E-state index in [1.54, 1.807) is 12.4 Å². The molecule has 3 aromatic heterocycles. The number of benzene rings is 1. The Morgan fingerprint density at radius 1 is 1.07 bits per heavy atom. The molecule has 0 amide bonds. The van der Waals surface area contributed by atoms with Gasteiger partial charge in [0.05, 0.1) is 9.99 Å². The summed E-state index contributed by atoms with van der Waals surface area (Å²) in [5.41, 5.74) is 8.81. The third-order valence-corrected chi connectivity index (χ3v) is 5.59. The van der Waals surface area contributed by atoms with Crippen LogP contribution < -0.4 is 11.1 Å². The average Bonchev–Trinajstić information content (AvgIpc) is 3.17. The zero-order valence-corrected chi connectivity index (χ0v) is 16.7. The van der Waals surface area contributed by atoms with Crippen LogP contribution in [0.4, 0.5) is 5.13 Å². The highest BCUT2D eigenvalue weighted by Crippen LogP contribution is 2.29. The Balaban J connectivity index is 1.53. The minimum absolute atomic E-state index is 0.0954. The van der Waals surface area contributed by atoms with Gasteiger partial charge >= 0.3 is 0 Å². The summed E-state index contributed by atoms with van der Waals surface area (Å²) in [5, 5.41) is 14.4. The number of anilines is 1. The van der Waals surface area contributed by atoms with Gasteiger partial charge in [0.25, 0.3) is 0 Å². The molecule has 1 unspecified atom stereocenters. The Kier molecular flexibility index (Phi) is 5.38. The SMILES string of the molecule is NCC(Cc1ccccc1)Nc1nnc(-c2ccc3cncc(Br)c3n2)s1. The maximum absolute atomic E-state index is 5.94. The second-order valence-corrected chi connectivity index (χ2v) is 7.90. The molecule has 1 aromatic carbocycles. The first-order valence-electron chi connectivity index (χ1n) is 8.47. The summed E-state index contributed by atoms with van der Waals surface area (Å²) >= 11 is 4.97. The molecule has 8 heteroatoms. The summed E-state index contributed by atoms with van der Waals surface area (Å²) in [5.74, 6) is 0. The first-order valence-corrected chi connectivity index (χ1v) is 10.1. The number of hydrogen-bond donors (Lipinski definition) is 2. The highest BCUT2D eigenvalue weighted by Gasteiger charge is 2.13. The van der Waals surface area contributed by atoms with Crippen LogP contribution in [0.3, 0.4) is 0 Å². The molecule has 0 aliphatic heterocycles. The highest BCUT2D eigenvalue weighted by molar-refractivity contribution is 9.10. The molecule has 0 aliphatic carbocycles. The smallest absolute Gasteiger partial charge is 0.206 e. The molecule has 136 valence electrons. The predicted molar refractivity (Wildman–Crippen MR) is 113 cm³/mol. The maximum Gasteiger partial charge on any atom is 0.206 e. The van der Waals surface area contributed by atoms with Gasteiger partial charge in [-0.3, -0.25) is 4.98 Å². The van der Waals surface area contributed by atoms with Crippen molar-refractivity contribution in [2.45, 2.75) is 12.5 Å². The molecular formula is C19H17BrN6S. The highest BCUT2D eigenvalue weighted by atomic mass is 79.9. The molecule has 0 radical (unpaired) electrons. The zero-order chi connectivity index (χ0) is 18.6. The van der Waals surface area contributed by atoms with Gasteiger partial charge in [-0.25, -0.2) is 4.98 Å². The summed E-state index contributed by atoms with van der Waals surface area (Å²) in [6, 6.07) is 14.3. The molecule has 4 aromatic rings. The van der Waals surface area contributed by atoms with E-state index in [0.717, 1.165) is 37.6 Å². The van der Waals surface area contributed by atoms with Crippen LogP contribution in [-0.2, 0) is 6.42 Å². The standard InChI is InChI=1S/C19H17BrN6S/c20-15-11-22-10-13-6-7-16(24-17(13)15)18-25-26-19(27-18)23-14(9-21)8-12-4-2-1-3-5-12/h1-7,10-11,14H,8-9,21H2,(H,23,26). The largest absolute Gasteiger partial charge is 0.356 e. The minimum Gasteiger partial charge on any atom is -0.356 e.